The van der Waals surface area contributed by atoms with E-state index in [0.29, 0.717) is 11.8 Å². The second-order valence-electron chi connectivity index (χ2n) is 4.39. The first-order valence-corrected chi connectivity index (χ1v) is 5.31. The highest BCUT2D eigenvalue weighted by atomic mass is 16.4. The van der Waals surface area contributed by atoms with Crippen molar-refractivity contribution in [2.75, 3.05) is 6.54 Å². The summed E-state index contributed by atoms with van der Waals surface area (Å²) in [7, 11) is 0. The van der Waals surface area contributed by atoms with E-state index in [4.69, 9.17) is 5.11 Å². The van der Waals surface area contributed by atoms with Crippen LogP contribution in [0.3, 0.4) is 0 Å². The van der Waals surface area contributed by atoms with Crippen LogP contribution in [0, 0.1) is 5.92 Å². The normalized spacial score (nSPS) is 30.8. The summed E-state index contributed by atoms with van der Waals surface area (Å²) in [6, 6.07) is 8.64. The molecule has 2 aliphatic carbocycles. The number of hydrogen-bond donors (Lipinski definition) is 2. The molecule has 3 rings (SSSR count). The lowest BCUT2D eigenvalue weighted by Gasteiger charge is -2.15. The minimum absolute atomic E-state index is 0.0578. The summed E-state index contributed by atoms with van der Waals surface area (Å²) in [5, 5.41) is 11.8. The lowest BCUT2D eigenvalue weighted by Crippen LogP contribution is -2.27. The quantitative estimate of drug-likeness (QED) is 0.783. The van der Waals surface area contributed by atoms with Crippen molar-refractivity contribution >= 4 is 5.97 Å². The molecule has 2 aliphatic rings. The Bertz CT molecular complexity index is 416. The number of carboxylic acids is 1. The first-order valence-electron chi connectivity index (χ1n) is 5.31. The van der Waals surface area contributed by atoms with Gasteiger partial charge in [0.15, 0.2) is 0 Å². The van der Waals surface area contributed by atoms with Gasteiger partial charge in [0.25, 0.3) is 0 Å². The summed E-state index contributed by atoms with van der Waals surface area (Å²) in [4.78, 5) is 10.5. The van der Waals surface area contributed by atoms with Crippen molar-refractivity contribution in [2.24, 2.45) is 5.92 Å². The van der Waals surface area contributed by atoms with Gasteiger partial charge in [-0.1, -0.05) is 24.3 Å². The van der Waals surface area contributed by atoms with Crippen molar-refractivity contribution in [2.45, 2.75) is 18.4 Å². The molecule has 78 valence electrons. The maximum absolute atomic E-state index is 10.5. The molecular formula is C12H13NO2. The molecule has 3 nitrogen and oxygen atoms in total. The van der Waals surface area contributed by atoms with Gasteiger partial charge >= 0.3 is 5.97 Å². The molecule has 1 saturated carbocycles. The van der Waals surface area contributed by atoms with E-state index >= 15 is 0 Å². The zero-order chi connectivity index (χ0) is 10.4. The molecule has 0 spiro atoms. The molecule has 1 fully saturated rings. The number of carbonyl (C=O) groups is 1. The van der Waals surface area contributed by atoms with Gasteiger partial charge in [-0.15, -0.1) is 0 Å². The van der Waals surface area contributed by atoms with E-state index < -0.39 is 5.97 Å². The molecule has 2 N–H and O–H groups in total. The molecule has 0 radical (unpaired) electrons. The van der Waals surface area contributed by atoms with E-state index in [1.54, 1.807) is 0 Å². The molecule has 3 unspecified atom stereocenters. The topological polar surface area (TPSA) is 49.3 Å². The average Bonchev–Trinajstić information content (AvgIpc) is 2.94. The van der Waals surface area contributed by atoms with E-state index in [1.807, 2.05) is 6.07 Å². The van der Waals surface area contributed by atoms with Gasteiger partial charge in [0.1, 0.15) is 0 Å². The largest absolute Gasteiger partial charge is 0.480 e. The lowest BCUT2D eigenvalue weighted by atomic mass is 10.0. The molecule has 0 saturated heterocycles. The van der Waals surface area contributed by atoms with Gasteiger partial charge in [-0.3, -0.25) is 10.1 Å². The molecule has 1 aromatic rings. The summed E-state index contributed by atoms with van der Waals surface area (Å²) >= 11 is 0. The number of rotatable bonds is 3. The molecule has 0 amide bonds. The molecule has 0 bridgehead atoms. The second kappa shape index (κ2) is 3.07. The van der Waals surface area contributed by atoms with Crippen LogP contribution in [0.15, 0.2) is 24.3 Å². The van der Waals surface area contributed by atoms with Crippen LogP contribution in [-0.2, 0) is 4.79 Å². The summed E-state index contributed by atoms with van der Waals surface area (Å²) in [6.45, 7) is 0.0578. The van der Waals surface area contributed by atoms with E-state index in [1.165, 1.54) is 17.5 Å². The Labute approximate surface area is 88.1 Å². The lowest BCUT2D eigenvalue weighted by molar-refractivity contribution is -0.136. The van der Waals surface area contributed by atoms with E-state index in [9.17, 15) is 4.79 Å². The van der Waals surface area contributed by atoms with Gasteiger partial charge in [-0.05, 0) is 29.4 Å². The summed E-state index contributed by atoms with van der Waals surface area (Å²) in [5.74, 6) is 0.547. The van der Waals surface area contributed by atoms with Crippen LogP contribution in [-0.4, -0.2) is 17.6 Å². The predicted molar refractivity (Wildman–Crippen MR) is 55.7 cm³/mol. The Kier molecular flexibility index (Phi) is 1.83. The van der Waals surface area contributed by atoms with Crippen LogP contribution < -0.4 is 5.32 Å². The zero-order valence-corrected chi connectivity index (χ0v) is 8.31. The minimum Gasteiger partial charge on any atom is -0.480 e. The fourth-order valence-electron chi connectivity index (χ4n) is 2.76. The number of benzene rings is 1. The highest BCUT2D eigenvalue weighted by Crippen LogP contribution is 2.61. The van der Waals surface area contributed by atoms with Crippen molar-refractivity contribution in [1.29, 1.82) is 0 Å². The average molecular weight is 203 g/mol. The first kappa shape index (κ1) is 8.92. The van der Waals surface area contributed by atoms with Crippen molar-refractivity contribution < 1.29 is 9.90 Å². The van der Waals surface area contributed by atoms with Crippen LogP contribution >= 0.6 is 0 Å². The van der Waals surface area contributed by atoms with Crippen LogP contribution in [0.1, 0.15) is 29.5 Å². The maximum Gasteiger partial charge on any atom is 0.317 e. The van der Waals surface area contributed by atoms with Gasteiger partial charge < -0.3 is 5.11 Å². The van der Waals surface area contributed by atoms with Crippen LogP contribution in [0.5, 0.6) is 0 Å². The van der Waals surface area contributed by atoms with E-state index in [0.717, 1.165) is 0 Å². The molecule has 0 aromatic heterocycles. The number of hydrogen-bond acceptors (Lipinski definition) is 2. The number of aliphatic carboxylic acids is 1. The van der Waals surface area contributed by atoms with Crippen LogP contribution in [0.25, 0.3) is 0 Å². The van der Waals surface area contributed by atoms with E-state index in [-0.39, 0.29) is 12.6 Å². The third-order valence-corrected chi connectivity index (χ3v) is 3.47. The monoisotopic (exact) mass is 203 g/mol. The van der Waals surface area contributed by atoms with Gasteiger partial charge in [-0.25, -0.2) is 0 Å². The molecule has 3 atom stereocenters. The molecule has 0 heterocycles. The minimum atomic E-state index is -0.781. The molecule has 3 heteroatoms. The highest BCUT2D eigenvalue weighted by molar-refractivity contribution is 5.69. The van der Waals surface area contributed by atoms with Crippen LogP contribution in [0.2, 0.25) is 0 Å². The third kappa shape index (κ3) is 1.35. The first-order chi connectivity index (χ1) is 7.27. The fourth-order valence-corrected chi connectivity index (χ4v) is 2.76. The Balaban J connectivity index is 1.83. The van der Waals surface area contributed by atoms with Gasteiger partial charge in [0.05, 0.1) is 6.54 Å². The molecule has 15 heavy (non-hydrogen) atoms. The number of fused-ring (bicyclic) bond motifs is 3. The van der Waals surface area contributed by atoms with Crippen molar-refractivity contribution in [3.63, 3.8) is 0 Å². The molecule has 1 aromatic carbocycles. The van der Waals surface area contributed by atoms with Crippen LogP contribution in [0.4, 0.5) is 0 Å². The maximum atomic E-state index is 10.5. The van der Waals surface area contributed by atoms with E-state index in [2.05, 4.69) is 23.5 Å². The SMILES string of the molecule is O=C(O)CNC1c2ccccc2C2CC21. The number of nitrogens with one attached hydrogen (secondary N) is 1. The Hall–Kier alpha value is -1.35. The van der Waals surface area contributed by atoms with Crippen molar-refractivity contribution in [1.82, 2.24) is 5.32 Å². The predicted octanol–water partition coefficient (Wildman–Crippen LogP) is 1.52. The Morgan fingerprint density at radius 2 is 2.13 bits per heavy atom. The van der Waals surface area contributed by atoms with Gasteiger partial charge in [0.2, 0.25) is 0 Å². The molecular weight excluding hydrogens is 190 g/mol. The van der Waals surface area contributed by atoms with Crippen molar-refractivity contribution in [3.05, 3.63) is 35.4 Å². The van der Waals surface area contributed by atoms with Gasteiger partial charge in [-0.2, -0.15) is 0 Å². The zero-order valence-electron chi connectivity index (χ0n) is 8.31. The smallest absolute Gasteiger partial charge is 0.317 e. The number of carboxylic acid groups (broad SMARTS) is 1. The fraction of sp³-hybridized carbons (Fsp3) is 0.417. The third-order valence-electron chi connectivity index (χ3n) is 3.47. The van der Waals surface area contributed by atoms with Crippen molar-refractivity contribution in [3.8, 4) is 0 Å². The Morgan fingerprint density at radius 3 is 2.87 bits per heavy atom. The van der Waals surface area contributed by atoms with Gasteiger partial charge in [0, 0.05) is 6.04 Å². The summed E-state index contributed by atoms with van der Waals surface area (Å²) in [5.41, 5.74) is 2.73. The highest BCUT2D eigenvalue weighted by Gasteiger charge is 2.51. The molecule has 0 aliphatic heterocycles. The summed E-state index contributed by atoms with van der Waals surface area (Å²) in [6.07, 6.45) is 1.22. The Morgan fingerprint density at radius 1 is 1.40 bits per heavy atom. The summed E-state index contributed by atoms with van der Waals surface area (Å²) < 4.78 is 0. The standard InChI is InChI=1S/C12H13NO2/c14-11(15)6-13-12-8-4-2-1-3-7(8)9-5-10(9)12/h1-4,9-10,12-13H,5-6H2,(H,14,15). The second-order valence-corrected chi connectivity index (χ2v) is 4.39.